The Morgan fingerprint density at radius 3 is 2.54 bits per heavy atom. The van der Waals surface area contributed by atoms with Crippen molar-refractivity contribution in [3.63, 3.8) is 0 Å². The van der Waals surface area contributed by atoms with Gasteiger partial charge >= 0.3 is 0 Å². The van der Waals surface area contributed by atoms with E-state index in [-0.39, 0.29) is 11.9 Å². The Bertz CT molecular complexity index is 1150. The zero-order valence-electron chi connectivity index (χ0n) is 16.6. The van der Waals surface area contributed by atoms with Crippen molar-refractivity contribution >= 4 is 16.8 Å². The average Bonchev–Trinajstić information content (AvgIpc) is 3.24. The SMILES string of the molecule is Cc1cc(C)c2[nH]c(C(=O)N[C@@H](c3ccccc3)c3ccnn3C)c(C)c2c1. The van der Waals surface area contributed by atoms with Gasteiger partial charge in [-0.05, 0) is 49.6 Å². The van der Waals surface area contributed by atoms with E-state index in [4.69, 9.17) is 0 Å². The van der Waals surface area contributed by atoms with Crippen LogP contribution >= 0.6 is 0 Å². The van der Waals surface area contributed by atoms with E-state index in [1.165, 1.54) is 5.56 Å². The van der Waals surface area contributed by atoms with Crippen molar-refractivity contribution in [2.24, 2.45) is 7.05 Å². The Morgan fingerprint density at radius 2 is 1.86 bits per heavy atom. The van der Waals surface area contributed by atoms with E-state index in [2.05, 4.69) is 41.4 Å². The highest BCUT2D eigenvalue weighted by atomic mass is 16.2. The molecule has 0 bridgehead atoms. The molecular formula is C23H24N4O. The van der Waals surface area contributed by atoms with Gasteiger partial charge in [-0.1, -0.05) is 42.0 Å². The third-order valence-electron chi connectivity index (χ3n) is 5.30. The van der Waals surface area contributed by atoms with Crippen LogP contribution in [0.2, 0.25) is 0 Å². The lowest BCUT2D eigenvalue weighted by Gasteiger charge is -2.19. The van der Waals surface area contributed by atoms with E-state index < -0.39 is 0 Å². The highest BCUT2D eigenvalue weighted by Gasteiger charge is 2.23. The molecule has 2 heterocycles. The molecule has 1 amide bonds. The van der Waals surface area contributed by atoms with Crippen molar-refractivity contribution in [1.29, 1.82) is 0 Å². The zero-order valence-corrected chi connectivity index (χ0v) is 16.6. The molecule has 1 atom stereocenters. The van der Waals surface area contributed by atoms with E-state index in [0.29, 0.717) is 5.69 Å². The van der Waals surface area contributed by atoms with E-state index in [0.717, 1.165) is 33.3 Å². The smallest absolute Gasteiger partial charge is 0.268 e. The molecule has 0 saturated carbocycles. The van der Waals surface area contributed by atoms with Gasteiger partial charge in [0, 0.05) is 24.1 Å². The van der Waals surface area contributed by atoms with Crippen LogP contribution in [0, 0.1) is 20.8 Å². The first-order chi connectivity index (χ1) is 13.5. The number of rotatable bonds is 4. The molecule has 2 aromatic heterocycles. The number of fused-ring (bicyclic) bond motifs is 1. The molecule has 4 rings (SSSR count). The Kier molecular flexibility index (Phi) is 4.51. The molecular weight excluding hydrogens is 348 g/mol. The number of H-pyrrole nitrogens is 1. The Hall–Kier alpha value is -3.34. The maximum atomic E-state index is 13.2. The molecule has 0 unspecified atom stereocenters. The minimum atomic E-state index is -0.283. The summed E-state index contributed by atoms with van der Waals surface area (Å²) in [7, 11) is 1.89. The van der Waals surface area contributed by atoms with E-state index in [1.54, 1.807) is 10.9 Å². The number of aromatic amines is 1. The average molecular weight is 372 g/mol. The fourth-order valence-electron chi connectivity index (χ4n) is 3.85. The van der Waals surface area contributed by atoms with E-state index >= 15 is 0 Å². The summed E-state index contributed by atoms with van der Waals surface area (Å²) in [6, 6.07) is 15.9. The van der Waals surface area contributed by atoms with Gasteiger partial charge in [0.15, 0.2) is 0 Å². The number of nitrogens with one attached hydrogen (secondary N) is 2. The van der Waals surface area contributed by atoms with Gasteiger partial charge in [0.05, 0.1) is 11.7 Å². The predicted octanol–water partition coefficient (Wildman–Crippen LogP) is 4.35. The summed E-state index contributed by atoms with van der Waals surface area (Å²) in [6.45, 7) is 6.13. The van der Waals surface area contributed by atoms with Crippen LogP contribution in [0.4, 0.5) is 0 Å². The molecule has 0 fully saturated rings. The van der Waals surface area contributed by atoms with Crippen molar-refractivity contribution in [1.82, 2.24) is 20.1 Å². The van der Waals surface area contributed by atoms with Gasteiger partial charge < -0.3 is 10.3 Å². The van der Waals surface area contributed by atoms with Gasteiger partial charge in [-0.25, -0.2) is 0 Å². The summed E-state index contributed by atoms with van der Waals surface area (Å²) in [5, 5.41) is 8.57. The van der Waals surface area contributed by atoms with Gasteiger partial charge in [0.25, 0.3) is 5.91 Å². The summed E-state index contributed by atoms with van der Waals surface area (Å²) in [5.41, 5.74) is 6.87. The van der Waals surface area contributed by atoms with Gasteiger partial charge in [-0.3, -0.25) is 9.48 Å². The lowest BCUT2D eigenvalue weighted by atomic mass is 10.0. The highest BCUT2D eigenvalue weighted by Crippen LogP contribution is 2.27. The first-order valence-corrected chi connectivity index (χ1v) is 9.39. The van der Waals surface area contributed by atoms with Crippen molar-refractivity contribution in [2.45, 2.75) is 26.8 Å². The molecule has 5 heteroatoms. The summed E-state index contributed by atoms with van der Waals surface area (Å²) in [6.07, 6.45) is 1.75. The van der Waals surface area contributed by atoms with Crippen LogP contribution in [0.5, 0.6) is 0 Å². The Balaban J connectivity index is 1.75. The minimum Gasteiger partial charge on any atom is -0.350 e. The monoisotopic (exact) mass is 372 g/mol. The quantitative estimate of drug-likeness (QED) is 0.559. The molecule has 0 radical (unpaired) electrons. The molecule has 2 N–H and O–H groups in total. The molecule has 0 aliphatic carbocycles. The fourth-order valence-corrected chi connectivity index (χ4v) is 3.85. The fraction of sp³-hybridized carbons (Fsp3) is 0.217. The molecule has 142 valence electrons. The first kappa shape index (κ1) is 18.0. The summed E-state index contributed by atoms with van der Waals surface area (Å²) >= 11 is 0. The highest BCUT2D eigenvalue weighted by molar-refractivity contribution is 6.02. The Morgan fingerprint density at radius 1 is 1.11 bits per heavy atom. The molecule has 4 aromatic rings. The molecule has 28 heavy (non-hydrogen) atoms. The van der Waals surface area contributed by atoms with Crippen molar-refractivity contribution in [3.8, 4) is 0 Å². The number of hydrogen-bond donors (Lipinski definition) is 2. The van der Waals surface area contributed by atoms with Gasteiger partial charge in [0.1, 0.15) is 5.69 Å². The third kappa shape index (κ3) is 3.09. The van der Waals surface area contributed by atoms with Crippen LogP contribution in [-0.4, -0.2) is 20.7 Å². The standard InChI is InChI=1S/C23H24N4O/c1-14-12-15(2)20-18(13-14)16(3)21(25-20)23(28)26-22(17-8-6-5-7-9-17)19-10-11-24-27(19)4/h5-13,22,25H,1-4H3,(H,26,28)/t22-/m0/s1. The van der Waals surface area contributed by atoms with Crippen LogP contribution in [0.15, 0.2) is 54.7 Å². The molecule has 0 aliphatic heterocycles. The molecule has 0 saturated heterocycles. The summed E-state index contributed by atoms with van der Waals surface area (Å²) in [5.74, 6) is -0.124. The minimum absolute atomic E-state index is 0.124. The first-order valence-electron chi connectivity index (χ1n) is 9.39. The van der Waals surface area contributed by atoms with Crippen molar-refractivity contribution < 1.29 is 4.79 Å². The number of nitrogens with zero attached hydrogens (tertiary/aromatic N) is 2. The second kappa shape index (κ2) is 7.00. The zero-order chi connectivity index (χ0) is 19.8. The van der Waals surface area contributed by atoms with Crippen LogP contribution < -0.4 is 5.32 Å². The van der Waals surface area contributed by atoms with Crippen LogP contribution in [-0.2, 0) is 7.05 Å². The molecule has 0 aliphatic rings. The Labute approximate surface area is 164 Å². The number of carbonyl (C=O) groups excluding carboxylic acids is 1. The van der Waals surface area contributed by atoms with Crippen LogP contribution in [0.25, 0.3) is 10.9 Å². The molecule has 5 nitrogen and oxygen atoms in total. The number of benzene rings is 2. The van der Waals surface area contributed by atoms with Crippen LogP contribution in [0.1, 0.15) is 44.5 Å². The number of amides is 1. The second-order valence-corrected chi connectivity index (χ2v) is 7.33. The number of aryl methyl sites for hydroxylation is 4. The summed E-state index contributed by atoms with van der Waals surface area (Å²) < 4.78 is 1.80. The number of carbonyl (C=O) groups is 1. The predicted molar refractivity (Wildman–Crippen MR) is 111 cm³/mol. The number of aromatic nitrogens is 3. The molecule has 2 aromatic carbocycles. The van der Waals surface area contributed by atoms with E-state index in [9.17, 15) is 4.79 Å². The van der Waals surface area contributed by atoms with Gasteiger partial charge in [-0.15, -0.1) is 0 Å². The maximum absolute atomic E-state index is 13.2. The topological polar surface area (TPSA) is 62.7 Å². The lowest BCUT2D eigenvalue weighted by Crippen LogP contribution is -2.31. The van der Waals surface area contributed by atoms with E-state index in [1.807, 2.05) is 50.4 Å². The number of hydrogen-bond acceptors (Lipinski definition) is 2. The lowest BCUT2D eigenvalue weighted by molar-refractivity contribution is 0.0937. The maximum Gasteiger partial charge on any atom is 0.268 e. The largest absolute Gasteiger partial charge is 0.350 e. The van der Waals surface area contributed by atoms with Crippen molar-refractivity contribution in [2.75, 3.05) is 0 Å². The third-order valence-corrected chi connectivity index (χ3v) is 5.30. The van der Waals surface area contributed by atoms with Gasteiger partial charge in [0.2, 0.25) is 0 Å². The molecule has 0 spiro atoms. The van der Waals surface area contributed by atoms with Gasteiger partial charge in [-0.2, -0.15) is 5.10 Å². The van der Waals surface area contributed by atoms with Crippen molar-refractivity contribution in [3.05, 3.63) is 88.4 Å². The normalized spacial score (nSPS) is 12.3. The van der Waals surface area contributed by atoms with Crippen LogP contribution in [0.3, 0.4) is 0 Å². The summed E-state index contributed by atoms with van der Waals surface area (Å²) in [4.78, 5) is 16.6. The second-order valence-electron chi connectivity index (χ2n) is 7.33.